The van der Waals surface area contributed by atoms with Crippen LogP contribution in [0.2, 0.25) is 0 Å². The summed E-state index contributed by atoms with van der Waals surface area (Å²) in [6.07, 6.45) is 4.84. The van der Waals surface area contributed by atoms with Crippen molar-refractivity contribution >= 4 is 17.7 Å². The Balaban J connectivity index is 2.43. The van der Waals surface area contributed by atoms with Crippen LogP contribution >= 0.6 is 0 Å². The first-order valence-electron chi connectivity index (χ1n) is 7.76. The van der Waals surface area contributed by atoms with Crippen LogP contribution in [0, 0.1) is 23.2 Å². The Hall–Kier alpha value is -1.65. The molecule has 5 heteroatoms. The van der Waals surface area contributed by atoms with Crippen LogP contribution in [0.3, 0.4) is 0 Å². The van der Waals surface area contributed by atoms with Gasteiger partial charge in [-0.2, -0.15) is 0 Å². The van der Waals surface area contributed by atoms with Gasteiger partial charge in [-0.1, -0.05) is 19.4 Å². The van der Waals surface area contributed by atoms with Crippen molar-refractivity contribution in [2.75, 3.05) is 14.2 Å². The van der Waals surface area contributed by atoms with Gasteiger partial charge in [0.05, 0.1) is 26.1 Å². The number of carbonyl (C=O) groups excluding carboxylic acids is 3. The summed E-state index contributed by atoms with van der Waals surface area (Å²) in [6, 6.07) is 0. The second-order valence-corrected chi connectivity index (χ2v) is 6.54. The fraction of sp³-hybridized carbons (Fsp3) is 0.706. The number of methoxy groups -OCH3 is 2. The molecule has 0 aliphatic heterocycles. The van der Waals surface area contributed by atoms with E-state index in [4.69, 9.17) is 9.47 Å². The van der Waals surface area contributed by atoms with Crippen molar-refractivity contribution in [3.05, 3.63) is 11.6 Å². The number of ketones is 1. The van der Waals surface area contributed by atoms with Gasteiger partial charge in [0, 0.05) is 17.4 Å². The largest absolute Gasteiger partial charge is 0.469 e. The fourth-order valence-electron chi connectivity index (χ4n) is 3.96. The molecule has 5 nitrogen and oxygen atoms in total. The Kier molecular flexibility index (Phi) is 4.73. The van der Waals surface area contributed by atoms with Gasteiger partial charge in [-0.3, -0.25) is 14.4 Å². The van der Waals surface area contributed by atoms with Crippen molar-refractivity contribution in [3.8, 4) is 0 Å². The number of hydrogen-bond donors (Lipinski definition) is 0. The summed E-state index contributed by atoms with van der Waals surface area (Å²) in [5.41, 5.74) is 0.0399. The minimum Gasteiger partial charge on any atom is -0.469 e. The second kappa shape index (κ2) is 6.23. The van der Waals surface area contributed by atoms with E-state index in [2.05, 4.69) is 0 Å². The molecular weight excluding hydrogens is 284 g/mol. The quantitative estimate of drug-likeness (QED) is 0.748. The summed E-state index contributed by atoms with van der Waals surface area (Å²) in [5.74, 6) is -1.40. The van der Waals surface area contributed by atoms with Crippen LogP contribution in [-0.4, -0.2) is 31.9 Å². The highest BCUT2D eigenvalue weighted by Crippen LogP contribution is 2.52. The maximum absolute atomic E-state index is 12.4. The minimum absolute atomic E-state index is 0.00843. The maximum Gasteiger partial charge on any atom is 0.312 e. The lowest BCUT2D eigenvalue weighted by atomic mass is 9.56. The molecule has 0 bridgehead atoms. The molecule has 1 saturated carbocycles. The van der Waals surface area contributed by atoms with E-state index >= 15 is 0 Å². The molecule has 0 amide bonds. The average Bonchev–Trinajstić information content (AvgIpc) is 2.52. The van der Waals surface area contributed by atoms with Gasteiger partial charge >= 0.3 is 11.9 Å². The van der Waals surface area contributed by atoms with Crippen LogP contribution in [0.25, 0.3) is 0 Å². The smallest absolute Gasteiger partial charge is 0.312 e. The number of esters is 2. The summed E-state index contributed by atoms with van der Waals surface area (Å²) < 4.78 is 9.70. The molecular formula is C17H24O5. The van der Waals surface area contributed by atoms with E-state index in [0.717, 1.165) is 19.3 Å². The molecule has 122 valence electrons. The van der Waals surface area contributed by atoms with Crippen molar-refractivity contribution in [1.82, 2.24) is 0 Å². The van der Waals surface area contributed by atoms with E-state index in [9.17, 15) is 14.4 Å². The van der Waals surface area contributed by atoms with Crippen molar-refractivity contribution in [2.45, 2.75) is 39.5 Å². The predicted octanol–water partition coefficient (Wildman–Crippen LogP) is 2.29. The van der Waals surface area contributed by atoms with Crippen LogP contribution in [-0.2, 0) is 23.9 Å². The third-order valence-corrected chi connectivity index (χ3v) is 5.40. The van der Waals surface area contributed by atoms with E-state index in [1.54, 1.807) is 6.92 Å². The first-order valence-corrected chi connectivity index (χ1v) is 7.76. The molecule has 1 fully saturated rings. The van der Waals surface area contributed by atoms with Gasteiger partial charge in [-0.25, -0.2) is 0 Å². The Morgan fingerprint density at radius 2 is 1.95 bits per heavy atom. The van der Waals surface area contributed by atoms with Crippen LogP contribution in [0.1, 0.15) is 39.5 Å². The van der Waals surface area contributed by atoms with E-state index in [1.807, 2.05) is 13.0 Å². The summed E-state index contributed by atoms with van der Waals surface area (Å²) in [5, 5.41) is 0. The maximum atomic E-state index is 12.4. The van der Waals surface area contributed by atoms with Crippen LogP contribution in [0.5, 0.6) is 0 Å². The van der Waals surface area contributed by atoms with Gasteiger partial charge in [0.1, 0.15) is 0 Å². The predicted molar refractivity (Wildman–Crippen MR) is 79.8 cm³/mol. The molecule has 0 aromatic heterocycles. The molecule has 2 aliphatic carbocycles. The number of carbonyl (C=O) groups is 3. The lowest BCUT2D eigenvalue weighted by molar-refractivity contribution is -0.153. The highest BCUT2D eigenvalue weighted by atomic mass is 16.5. The number of Topliss-reactive ketones (excluding diaryl/α,β-unsaturated/α-hetero) is 1. The molecule has 4 atom stereocenters. The molecule has 0 N–H and O–H groups in total. The van der Waals surface area contributed by atoms with Gasteiger partial charge < -0.3 is 9.47 Å². The van der Waals surface area contributed by atoms with Crippen LogP contribution < -0.4 is 0 Å². The van der Waals surface area contributed by atoms with Gasteiger partial charge in [-0.05, 0) is 25.7 Å². The molecule has 2 aliphatic rings. The van der Waals surface area contributed by atoms with Crippen molar-refractivity contribution in [1.29, 1.82) is 0 Å². The van der Waals surface area contributed by atoms with Gasteiger partial charge in [0.15, 0.2) is 5.78 Å². The number of allylic oxidation sites excluding steroid dienone is 1. The molecule has 0 aromatic rings. The third-order valence-electron chi connectivity index (χ3n) is 5.40. The summed E-state index contributed by atoms with van der Waals surface area (Å²) >= 11 is 0. The Morgan fingerprint density at radius 1 is 1.27 bits per heavy atom. The zero-order valence-electron chi connectivity index (χ0n) is 13.7. The van der Waals surface area contributed by atoms with Crippen molar-refractivity contribution in [3.63, 3.8) is 0 Å². The van der Waals surface area contributed by atoms with Crippen molar-refractivity contribution in [2.24, 2.45) is 23.2 Å². The number of rotatable bonds is 3. The third kappa shape index (κ3) is 2.69. The normalized spacial score (nSPS) is 32.5. The van der Waals surface area contributed by atoms with E-state index < -0.39 is 17.3 Å². The zero-order valence-corrected chi connectivity index (χ0v) is 13.7. The van der Waals surface area contributed by atoms with Crippen molar-refractivity contribution < 1.29 is 23.9 Å². The highest BCUT2D eigenvalue weighted by molar-refractivity contribution is 6.01. The molecule has 0 saturated heterocycles. The standard InChI is InChI=1S/C17H24O5/c1-10(15(19)21-3)12-9-17(2)11(8-14(12)18)6-5-7-13(17)16(20)22-4/h9-11,13H,5-8H2,1-4H3/t10-,11-,13-,17+/m1/s1. The average molecular weight is 308 g/mol. The van der Waals surface area contributed by atoms with Gasteiger partial charge in [0.2, 0.25) is 0 Å². The lowest BCUT2D eigenvalue weighted by Crippen LogP contribution is -2.46. The Bertz CT molecular complexity index is 521. The van der Waals surface area contributed by atoms with E-state index in [1.165, 1.54) is 14.2 Å². The molecule has 2 rings (SSSR count). The number of hydrogen-bond acceptors (Lipinski definition) is 5. The fourth-order valence-corrected chi connectivity index (χ4v) is 3.96. The summed E-state index contributed by atoms with van der Waals surface area (Å²) in [6.45, 7) is 3.68. The zero-order chi connectivity index (χ0) is 16.5. The highest BCUT2D eigenvalue weighted by Gasteiger charge is 2.50. The monoisotopic (exact) mass is 308 g/mol. The van der Waals surface area contributed by atoms with Gasteiger partial charge in [-0.15, -0.1) is 0 Å². The molecule has 22 heavy (non-hydrogen) atoms. The van der Waals surface area contributed by atoms with Gasteiger partial charge in [0.25, 0.3) is 0 Å². The number of ether oxygens (including phenoxy) is 2. The molecule has 0 unspecified atom stereocenters. The minimum atomic E-state index is -0.601. The molecule has 0 spiro atoms. The summed E-state index contributed by atoms with van der Waals surface area (Å²) in [7, 11) is 2.71. The molecule has 0 heterocycles. The lowest BCUT2D eigenvalue weighted by Gasteiger charge is -2.47. The summed E-state index contributed by atoms with van der Waals surface area (Å²) in [4.78, 5) is 36.3. The second-order valence-electron chi connectivity index (χ2n) is 6.54. The molecule has 0 radical (unpaired) electrons. The van der Waals surface area contributed by atoms with E-state index in [0.29, 0.717) is 12.0 Å². The number of fused-ring (bicyclic) bond motifs is 1. The Labute approximate surface area is 131 Å². The SMILES string of the molecule is COC(=O)[C@H](C)C1=C[C@@]2(C)[C@H](CCC[C@@H]2C(=O)OC)CC1=O. The topological polar surface area (TPSA) is 69.7 Å². The molecule has 0 aromatic carbocycles. The van der Waals surface area contributed by atoms with Crippen LogP contribution in [0.4, 0.5) is 0 Å². The first kappa shape index (κ1) is 16.7. The van der Waals surface area contributed by atoms with E-state index in [-0.39, 0.29) is 23.6 Å². The Morgan fingerprint density at radius 3 is 2.55 bits per heavy atom. The van der Waals surface area contributed by atoms with Crippen LogP contribution in [0.15, 0.2) is 11.6 Å². The first-order chi connectivity index (χ1) is 10.3.